The summed E-state index contributed by atoms with van der Waals surface area (Å²) in [5.41, 5.74) is 0.913. The molecule has 0 aliphatic rings. The van der Waals surface area contributed by atoms with Gasteiger partial charge in [-0.25, -0.2) is 0 Å². The van der Waals surface area contributed by atoms with Gasteiger partial charge < -0.3 is 5.32 Å². The average Bonchev–Trinajstić information content (AvgIpc) is 2.97. The van der Waals surface area contributed by atoms with E-state index in [0.717, 1.165) is 10.4 Å². The summed E-state index contributed by atoms with van der Waals surface area (Å²) < 4.78 is 1.70. The number of hydrogen-bond acceptors (Lipinski definition) is 3. The fraction of sp³-hybridized carbons (Fsp3) is 0.231. The van der Waals surface area contributed by atoms with Gasteiger partial charge in [-0.1, -0.05) is 6.07 Å². The number of aryl methyl sites for hydroxylation is 1. The lowest BCUT2D eigenvalue weighted by molar-refractivity contribution is -0.117. The number of aromatic nitrogens is 2. The van der Waals surface area contributed by atoms with Crippen molar-refractivity contribution in [3.8, 4) is 0 Å². The molecule has 1 amide bonds. The molecule has 2 aromatic heterocycles. The van der Waals surface area contributed by atoms with E-state index in [2.05, 4.69) is 10.4 Å². The van der Waals surface area contributed by atoms with E-state index >= 15 is 0 Å². The minimum absolute atomic E-state index is 0.0380. The Balaban J connectivity index is 1.91. The lowest BCUT2D eigenvalue weighted by atomic mass is 10.2. The molecular formula is C13H15N3OS. The summed E-state index contributed by atoms with van der Waals surface area (Å²) in [7, 11) is 1.84. The summed E-state index contributed by atoms with van der Waals surface area (Å²) in [6.07, 6.45) is 6.85. The van der Waals surface area contributed by atoms with Crippen molar-refractivity contribution in [3.05, 3.63) is 46.4 Å². The van der Waals surface area contributed by atoms with Gasteiger partial charge >= 0.3 is 0 Å². The predicted molar refractivity (Wildman–Crippen MR) is 73.1 cm³/mol. The van der Waals surface area contributed by atoms with Gasteiger partial charge in [-0.3, -0.25) is 9.48 Å². The minimum Gasteiger partial charge on any atom is -0.345 e. The van der Waals surface area contributed by atoms with E-state index in [1.807, 2.05) is 37.7 Å². The highest BCUT2D eigenvalue weighted by Gasteiger charge is 2.07. The first kappa shape index (κ1) is 12.6. The third-order valence-corrected chi connectivity index (χ3v) is 3.54. The Bertz CT molecular complexity index is 542. The van der Waals surface area contributed by atoms with Gasteiger partial charge in [0.2, 0.25) is 5.91 Å². The van der Waals surface area contributed by atoms with Crippen LogP contribution in [0.25, 0.3) is 6.08 Å². The Morgan fingerprint density at radius 1 is 1.61 bits per heavy atom. The predicted octanol–water partition coefficient (Wildman–Crippen LogP) is 2.37. The summed E-state index contributed by atoms with van der Waals surface area (Å²) in [6.45, 7) is 1.97. The second-order valence-corrected chi connectivity index (χ2v) is 5.01. The molecule has 5 heteroatoms. The monoisotopic (exact) mass is 261 g/mol. The average molecular weight is 261 g/mol. The Morgan fingerprint density at radius 3 is 3.06 bits per heavy atom. The molecule has 0 aliphatic heterocycles. The molecule has 2 heterocycles. The van der Waals surface area contributed by atoms with Gasteiger partial charge in [-0.2, -0.15) is 5.10 Å². The molecule has 1 unspecified atom stereocenters. The van der Waals surface area contributed by atoms with Crippen LogP contribution in [0, 0.1) is 0 Å². The summed E-state index contributed by atoms with van der Waals surface area (Å²) in [5.74, 6) is -0.0975. The zero-order chi connectivity index (χ0) is 13.0. The molecule has 1 atom stereocenters. The highest BCUT2D eigenvalue weighted by Crippen LogP contribution is 2.17. The standard InChI is InChI=1S/C13H15N3OS/c1-10(12-4-3-7-18-12)15-13(17)6-5-11-8-14-16(2)9-11/h3-10H,1-2H3,(H,15,17). The van der Waals surface area contributed by atoms with Crippen LogP contribution in [-0.4, -0.2) is 15.7 Å². The molecule has 0 bridgehead atoms. The van der Waals surface area contributed by atoms with E-state index < -0.39 is 0 Å². The van der Waals surface area contributed by atoms with Crippen LogP contribution in [0.15, 0.2) is 36.0 Å². The number of carbonyl (C=O) groups is 1. The molecule has 4 nitrogen and oxygen atoms in total. The SMILES string of the molecule is CC(NC(=O)C=Cc1cnn(C)c1)c1cccs1. The van der Waals surface area contributed by atoms with Gasteiger partial charge in [0.1, 0.15) is 0 Å². The topological polar surface area (TPSA) is 46.9 Å². The molecule has 0 radical (unpaired) electrons. The van der Waals surface area contributed by atoms with Crippen LogP contribution in [0.5, 0.6) is 0 Å². The van der Waals surface area contributed by atoms with Crippen LogP contribution in [0.2, 0.25) is 0 Å². The van der Waals surface area contributed by atoms with Gasteiger partial charge in [0.05, 0.1) is 12.2 Å². The maximum absolute atomic E-state index is 11.7. The van der Waals surface area contributed by atoms with Crippen molar-refractivity contribution < 1.29 is 4.79 Å². The first-order valence-electron chi connectivity index (χ1n) is 5.66. The zero-order valence-electron chi connectivity index (χ0n) is 10.3. The van der Waals surface area contributed by atoms with E-state index in [4.69, 9.17) is 0 Å². The number of amides is 1. The van der Waals surface area contributed by atoms with Crippen molar-refractivity contribution in [1.29, 1.82) is 0 Å². The Morgan fingerprint density at radius 2 is 2.44 bits per heavy atom. The number of thiophene rings is 1. The fourth-order valence-corrected chi connectivity index (χ4v) is 2.30. The van der Waals surface area contributed by atoms with Crippen molar-refractivity contribution in [1.82, 2.24) is 15.1 Å². The summed E-state index contributed by atoms with van der Waals surface area (Å²) in [4.78, 5) is 12.9. The molecule has 0 fully saturated rings. The molecule has 0 saturated heterocycles. The van der Waals surface area contributed by atoms with Crippen LogP contribution >= 0.6 is 11.3 Å². The smallest absolute Gasteiger partial charge is 0.244 e. The molecule has 18 heavy (non-hydrogen) atoms. The van der Waals surface area contributed by atoms with Crippen LogP contribution in [0.1, 0.15) is 23.4 Å². The van der Waals surface area contributed by atoms with Gasteiger partial charge in [0.15, 0.2) is 0 Å². The molecule has 94 valence electrons. The van der Waals surface area contributed by atoms with Crippen molar-refractivity contribution >= 4 is 23.3 Å². The molecule has 1 N–H and O–H groups in total. The van der Waals surface area contributed by atoms with E-state index in [0.29, 0.717) is 0 Å². The van der Waals surface area contributed by atoms with Crippen LogP contribution in [0.4, 0.5) is 0 Å². The fourth-order valence-electron chi connectivity index (χ4n) is 1.57. The van der Waals surface area contributed by atoms with Crippen LogP contribution < -0.4 is 5.32 Å². The summed E-state index contributed by atoms with van der Waals surface area (Å²) >= 11 is 1.64. The molecule has 0 aliphatic carbocycles. The lowest BCUT2D eigenvalue weighted by Gasteiger charge is -2.09. The van der Waals surface area contributed by atoms with E-state index in [1.165, 1.54) is 6.08 Å². The Hall–Kier alpha value is -1.88. The number of rotatable bonds is 4. The van der Waals surface area contributed by atoms with Crippen molar-refractivity contribution in [2.75, 3.05) is 0 Å². The zero-order valence-corrected chi connectivity index (χ0v) is 11.1. The molecule has 0 saturated carbocycles. The van der Waals surface area contributed by atoms with Gasteiger partial charge in [-0.15, -0.1) is 11.3 Å². The van der Waals surface area contributed by atoms with Crippen LogP contribution in [0.3, 0.4) is 0 Å². The van der Waals surface area contributed by atoms with Crippen molar-refractivity contribution in [2.45, 2.75) is 13.0 Å². The third-order valence-electron chi connectivity index (χ3n) is 2.48. The summed E-state index contributed by atoms with van der Waals surface area (Å²) in [5, 5.41) is 8.95. The van der Waals surface area contributed by atoms with E-state index in [9.17, 15) is 4.79 Å². The summed E-state index contributed by atoms with van der Waals surface area (Å²) in [6, 6.07) is 4.03. The maximum Gasteiger partial charge on any atom is 0.244 e. The molecule has 2 rings (SSSR count). The van der Waals surface area contributed by atoms with Gasteiger partial charge in [-0.05, 0) is 24.4 Å². The van der Waals surface area contributed by atoms with Crippen molar-refractivity contribution in [3.63, 3.8) is 0 Å². The van der Waals surface area contributed by atoms with Gasteiger partial charge in [0, 0.05) is 29.8 Å². The molecular weight excluding hydrogens is 246 g/mol. The van der Waals surface area contributed by atoms with E-state index in [1.54, 1.807) is 28.3 Å². The third kappa shape index (κ3) is 3.30. The normalized spacial score (nSPS) is 12.8. The van der Waals surface area contributed by atoms with Crippen molar-refractivity contribution in [2.24, 2.45) is 7.05 Å². The number of carbonyl (C=O) groups excluding carboxylic acids is 1. The highest BCUT2D eigenvalue weighted by atomic mass is 32.1. The minimum atomic E-state index is -0.0975. The molecule has 2 aromatic rings. The van der Waals surface area contributed by atoms with Crippen LogP contribution in [-0.2, 0) is 11.8 Å². The number of hydrogen-bond donors (Lipinski definition) is 1. The molecule has 0 spiro atoms. The molecule has 0 aromatic carbocycles. The maximum atomic E-state index is 11.7. The second kappa shape index (κ2) is 5.64. The first-order chi connectivity index (χ1) is 8.65. The quantitative estimate of drug-likeness (QED) is 0.859. The Kier molecular flexibility index (Phi) is 3.94. The lowest BCUT2D eigenvalue weighted by Crippen LogP contribution is -2.23. The van der Waals surface area contributed by atoms with E-state index in [-0.39, 0.29) is 11.9 Å². The largest absolute Gasteiger partial charge is 0.345 e. The first-order valence-corrected chi connectivity index (χ1v) is 6.54. The van der Waals surface area contributed by atoms with Gasteiger partial charge in [0.25, 0.3) is 0 Å². The highest BCUT2D eigenvalue weighted by molar-refractivity contribution is 7.10. The second-order valence-electron chi connectivity index (χ2n) is 4.03. The number of nitrogens with zero attached hydrogens (tertiary/aromatic N) is 2. The Labute approximate surface area is 110 Å². The number of nitrogens with one attached hydrogen (secondary N) is 1.